The fourth-order valence-corrected chi connectivity index (χ4v) is 4.54. The summed E-state index contributed by atoms with van der Waals surface area (Å²) in [5.74, 6) is 0.579. The first kappa shape index (κ1) is 18.3. The predicted molar refractivity (Wildman–Crippen MR) is 116 cm³/mol. The highest BCUT2D eigenvalue weighted by atomic mass is 16.1. The number of hydrogen-bond acceptors (Lipinski definition) is 5. The predicted octanol–water partition coefficient (Wildman–Crippen LogP) is 3.17. The van der Waals surface area contributed by atoms with Crippen LogP contribution in [0.3, 0.4) is 0 Å². The molecule has 2 aliphatic rings. The molecule has 0 spiro atoms. The first-order valence-electron chi connectivity index (χ1n) is 10.7. The minimum Gasteiger partial charge on any atom is -0.353 e. The number of nitrogens with one attached hydrogen (secondary N) is 1. The van der Waals surface area contributed by atoms with Crippen molar-refractivity contribution < 1.29 is 0 Å². The molecule has 0 radical (unpaired) electrons. The van der Waals surface area contributed by atoms with Crippen LogP contribution in [0.5, 0.6) is 0 Å². The molecule has 5 rings (SSSR count). The third kappa shape index (κ3) is 3.77. The van der Waals surface area contributed by atoms with Crippen LogP contribution in [0.1, 0.15) is 36.8 Å². The Kier molecular flexibility index (Phi) is 5.02. The van der Waals surface area contributed by atoms with E-state index in [0.29, 0.717) is 17.0 Å². The molecular weight excluding hydrogens is 362 g/mol. The van der Waals surface area contributed by atoms with E-state index in [9.17, 15) is 4.79 Å². The summed E-state index contributed by atoms with van der Waals surface area (Å²) in [5.41, 5.74) is 4.51. The number of aryl methyl sites for hydroxylation is 2. The van der Waals surface area contributed by atoms with Gasteiger partial charge in [-0.05, 0) is 68.5 Å². The molecule has 0 unspecified atom stereocenters. The second-order valence-corrected chi connectivity index (χ2v) is 8.12. The fourth-order valence-electron chi connectivity index (χ4n) is 4.54. The Labute approximate surface area is 170 Å². The average Bonchev–Trinajstić information content (AvgIpc) is 3.23. The largest absolute Gasteiger partial charge is 0.353 e. The van der Waals surface area contributed by atoms with Gasteiger partial charge in [0.25, 0.3) is 0 Å². The number of hydrogen-bond donors (Lipinski definition) is 1. The zero-order valence-corrected chi connectivity index (χ0v) is 16.7. The second-order valence-electron chi connectivity index (χ2n) is 8.12. The Balaban J connectivity index is 1.43. The fraction of sp³-hybridized carbons (Fsp3) is 0.435. The van der Waals surface area contributed by atoms with Crippen LogP contribution in [-0.4, -0.2) is 45.6 Å². The van der Waals surface area contributed by atoms with E-state index in [1.807, 2.05) is 10.8 Å². The summed E-state index contributed by atoms with van der Waals surface area (Å²) in [4.78, 5) is 23.9. The molecule has 0 amide bonds. The SMILES string of the molecule is O=c1ccn(-c2ccc3c(c2)CCC3)c2nc(NCCN3CCCCC3)ncc12. The highest BCUT2D eigenvalue weighted by Crippen LogP contribution is 2.25. The smallest absolute Gasteiger partial charge is 0.224 e. The topological polar surface area (TPSA) is 63.1 Å². The van der Waals surface area contributed by atoms with Crippen LogP contribution in [0.25, 0.3) is 16.7 Å². The lowest BCUT2D eigenvalue weighted by molar-refractivity contribution is 0.237. The molecule has 1 N–H and O–H groups in total. The molecule has 3 aromatic rings. The third-order valence-electron chi connectivity index (χ3n) is 6.16. The molecule has 6 heteroatoms. The summed E-state index contributed by atoms with van der Waals surface area (Å²) in [6, 6.07) is 8.17. The second kappa shape index (κ2) is 7.95. The van der Waals surface area contributed by atoms with E-state index >= 15 is 0 Å². The molecule has 0 bridgehead atoms. The van der Waals surface area contributed by atoms with Crippen molar-refractivity contribution in [2.75, 3.05) is 31.5 Å². The molecule has 1 saturated heterocycles. The van der Waals surface area contributed by atoms with Crippen LogP contribution in [-0.2, 0) is 12.8 Å². The lowest BCUT2D eigenvalue weighted by Gasteiger charge is -2.26. The van der Waals surface area contributed by atoms with E-state index in [4.69, 9.17) is 4.98 Å². The van der Waals surface area contributed by atoms with Crippen LogP contribution in [0, 0.1) is 0 Å². The van der Waals surface area contributed by atoms with Crippen LogP contribution in [0.15, 0.2) is 41.5 Å². The molecule has 29 heavy (non-hydrogen) atoms. The van der Waals surface area contributed by atoms with Crippen molar-refractivity contribution in [1.29, 1.82) is 0 Å². The van der Waals surface area contributed by atoms with Crippen LogP contribution >= 0.6 is 0 Å². The molecule has 3 heterocycles. The summed E-state index contributed by atoms with van der Waals surface area (Å²) < 4.78 is 2.01. The van der Waals surface area contributed by atoms with Gasteiger partial charge in [-0.2, -0.15) is 4.98 Å². The standard InChI is InChI=1S/C23H27N5O/c29-21-9-13-28(19-8-7-17-5-4-6-18(17)15-19)22-20(21)16-25-23(26-22)24-10-14-27-11-2-1-3-12-27/h7-9,13,15-16H,1-6,10-12,14H2,(H,24,25,26). The monoisotopic (exact) mass is 389 g/mol. The quantitative estimate of drug-likeness (QED) is 0.726. The van der Waals surface area contributed by atoms with Crippen LogP contribution < -0.4 is 10.7 Å². The maximum atomic E-state index is 12.4. The maximum Gasteiger partial charge on any atom is 0.224 e. The molecule has 6 nitrogen and oxygen atoms in total. The lowest BCUT2D eigenvalue weighted by Crippen LogP contribution is -2.33. The highest BCUT2D eigenvalue weighted by molar-refractivity contribution is 5.76. The molecule has 1 fully saturated rings. The molecular formula is C23H27N5O. The van der Waals surface area contributed by atoms with Crippen molar-refractivity contribution >= 4 is 17.0 Å². The number of rotatable bonds is 5. The van der Waals surface area contributed by atoms with E-state index < -0.39 is 0 Å². The molecule has 1 aliphatic heterocycles. The molecule has 1 aromatic carbocycles. The third-order valence-corrected chi connectivity index (χ3v) is 6.16. The number of aromatic nitrogens is 3. The van der Waals surface area contributed by atoms with E-state index in [1.165, 1.54) is 49.9 Å². The molecule has 0 atom stereocenters. The van der Waals surface area contributed by atoms with Gasteiger partial charge in [0.1, 0.15) is 0 Å². The van der Waals surface area contributed by atoms with Gasteiger partial charge in [-0.15, -0.1) is 0 Å². The Bertz CT molecular complexity index is 1080. The first-order chi connectivity index (χ1) is 14.3. The summed E-state index contributed by atoms with van der Waals surface area (Å²) in [7, 11) is 0. The summed E-state index contributed by atoms with van der Waals surface area (Å²) >= 11 is 0. The Morgan fingerprint density at radius 3 is 2.76 bits per heavy atom. The van der Waals surface area contributed by atoms with Gasteiger partial charge >= 0.3 is 0 Å². The van der Waals surface area contributed by atoms with Crippen molar-refractivity contribution in [3.63, 3.8) is 0 Å². The average molecular weight is 390 g/mol. The molecule has 150 valence electrons. The van der Waals surface area contributed by atoms with Crippen molar-refractivity contribution in [3.8, 4) is 5.69 Å². The van der Waals surface area contributed by atoms with E-state index in [0.717, 1.165) is 31.6 Å². The normalized spacial score (nSPS) is 16.8. The van der Waals surface area contributed by atoms with Crippen molar-refractivity contribution in [2.24, 2.45) is 0 Å². The maximum absolute atomic E-state index is 12.4. The number of fused-ring (bicyclic) bond motifs is 2. The van der Waals surface area contributed by atoms with Crippen LogP contribution in [0.2, 0.25) is 0 Å². The van der Waals surface area contributed by atoms with Gasteiger partial charge < -0.3 is 14.8 Å². The number of pyridine rings is 1. The van der Waals surface area contributed by atoms with E-state index in [-0.39, 0.29) is 5.43 Å². The van der Waals surface area contributed by atoms with Gasteiger partial charge in [-0.3, -0.25) is 4.79 Å². The number of likely N-dealkylation sites (tertiary alicyclic amines) is 1. The highest BCUT2D eigenvalue weighted by Gasteiger charge is 2.14. The Hall–Kier alpha value is -2.73. The molecule has 1 aliphatic carbocycles. The number of benzene rings is 1. The van der Waals surface area contributed by atoms with Crippen LogP contribution in [0.4, 0.5) is 5.95 Å². The van der Waals surface area contributed by atoms with Gasteiger partial charge in [-0.1, -0.05) is 12.5 Å². The number of anilines is 1. The lowest BCUT2D eigenvalue weighted by atomic mass is 10.1. The van der Waals surface area contributed by atoms with E-state index in [1.54, 1.807) is 12.3 Å². The van der Waals surface area contributed by atoms with Crippen molar-refractivity contribution in [3.05, 3.63) is 58.0 Å². The van der Waals surface area contributed by atoms with Gasteiger partial charge in [0.15, 0.2) is 11.1 Å². The van der Waals surface area contributed by atoms with Crippen molar-refractivity contribution in [1.82, 2.24) is 19.4 Å². The molecule has 2 aromatic heterocycles. The van der Waals surface area contributed by atoms with Gasteiger partial charge in [0.2, 0.25) is 5.95 Å². The van der Waals surface area contributed by atoms with E-state index in [2.05, 4.69) is 33.4 Å². The van der Waals surface area contributed by atoms with Gasteiger partial charge in [0.05, 0.1) is 5.39 Å². The first-order valence-corrected chi connectivity index (χ1v) is 10.7. The minimum atomic E-state index is -0.0442. The van der Waals surface area contributed by atoms with Gasteiger partial charge in [-0.25, -0.2) is 4.98 Å². The minimum absolute atomic E-state index is 0.0442. The molecule has 0 saturated carbocycles. The van der Waals surface area contributed by atoms with Crippen molar-refractivity contribution in [2.45, 2.75) is 38.5 Å². The zero-order valence-electron chi connectivity index (χ0n) is 16.7. The summed E-state index contributed by atoms with van der Waals surface area (Å²) in [5, 5.41) is 3.90. The number of nitrogens with zero attached hydrogens (tertiary/aromatic N) is 4. The Morgan fingerprint density at radius 2 is 1.86 bits per heavy atom. The van der Waals surface area contributed by atoms with Gasteiger partial charge in [0, 0.05) is 37.2 Å². The Morgan fingerprint density at radius 1 is 1.00 bits per heavy atom. The summed E-state index contributed by atoms with van der Waals surface area (Å²) in [6.07, 6.45) is 10.9. The number of piperidine rings is 1. The summed E-state index contributed by atoms with van der Waals surface area (Å²) in [6.45, 7) is 4.16. The zero-order chi connectivity index (χ0) is 19.6.